The zero-order chi connectivity index (χ0) is 17.9. The first-order valence-corrected chi connectivity index (χ1v) is 8.51. The zero-order valence-electron chi connectivity index (χ0n) is 13.8. The van der Waals surface area contributed by atoms with Gasteiger partial charge in [0, 0.05) is 29.3 Å². The smallest absolute Gasteiger partial charge is 0.354 e. The number of halogens is 1. The molecule has 6 heteroatoms. The highest BCUT2D eigenvalue weighted by molar-refractivity contribution is 6.31. The van der Waals surface area contributed by atoms with Gasteiger partial charge in [-0.25, -0.2) is 4.79 Å². The number of benzene rings is 2. The first-order valence-electron chi connectivity index (χ1n) is 8.13. The van der Waals surface area contributed by atoms with Crippen LogP contribution in [0.15, 0.2) is 77.9 Å². The van der Waals surface area contributed by atoms with Gasteiger partial charge in [0.2, 0.25) is 0 Å². The van der Waals surface area contributed by atoms with Crippen molar-refractivity contribution in [3.05, 3.63) is 94.1 Å². The lowest BCUT2D eigenvalue weighted by Gasteiger charge is -2.14. The minimum Gasteiger partial charge on any atom is -0.365 e. The molecule has 0 radical (unpaired) electrons. The van der Waals surface area contributed by atoms with Gasteiger partial charge in [0.15, 0.2) is 0 Å². The number of aromatic nitrogens is 3. The van der Waals surface area contributed by atoms with Crippen LogP contribution in [-0.2, 0) is 6.54 Å². The number of anilines is 1. The summed E-state index contributed by atoms with van der Waals surface area (Å²) in [5, 5.41) is 4.64. The molecule has 0 saturated heterocycles. The molecule has 0 atom stereocenters. The Hall–Kier alpha value is -3.18. The predicted octanol–water partition coefficient (Wildman–Crippen LogP) is 4.05. The molecule has 2 aromatic carbocycles. The number of fused-ring (bicyclic) bond motifs is 1. The fraction of sp³-hybridized carbons (Fsp3) is 0.0500. The normalized spacial score (nSPS) is 10.8. The van der Waals surface area contributed by atoms with Crippen LogP contribution in [0.5, 0.6) is 0 Å². The van der Waals surface area contributed by atoms with Crippen LogP contribution in [-0.4, -0.2) is 14.5 Å². The Kier molecular flexibility index (Phi) is 4.37. The first-order chi connectivity index (χ1) is 12.7. The first kappa shape index (κ1) is 16.3. The molecule has 0 spiro atoms. The van der Waals surface area contributed by atoms with Crippen molar-refractivity contribution in [2.45, 2.75) is 6.54 Å². The fourth-order valence-electron chi connectivity index (χ4n) is 2.85. The van der Waals surface area contributed by atoms with Crippen molar-refractivity contribution in [1.29, 1.82) is 0 Å². The summed E-state index contributed by atoms with van der Waals surface area (Å²) in [7, 11) is 0. The Bertz CT molecular complexity index is 1110. The van der Waals surface area contributed by atoms with Gasteiger partial charge in [-0.1, -0.05) is 29.8 Å². The van der Waals surface area contributed by atoms with Crippen molar-refractivity contribution in [2.75, 3.05) is 5.32 Å². The van der Waals surface area contributed by atoms with E-state index in [4.69, 9.17) is 11.6 Å². The summed E-state index contributed by atoms with van der Waals surface area (Å²) in [4.78, 5) is 21.0. The predicted molar refractivity (Wildman–Crippen MR) is 104 cm³/mol. The molecule has 0 unspecified atom stereocenters. The molecule has 0 saturated carbocycles. The molecule has 2 aromatic heterocycles. The van der Waals surface area contributed by atoms with Crippen molar-refractivity contribution >= 4 is 28.3 Å². The highest BCUT2D eigenvalue weighted by Gasteiger charge is 2.12. The highest BCUT2D eigenvalue weighted by atomic mass is 35.5. The van der Waals surface area contributed by atoms with Crippen LogP contribution in [0.25, 0.3) is 16.6 Å². The van der Waals surface area contributed by atoms with Gasteiger partial charge < -0.3 is 5.32 Å². The number of hydrogen-bond acceptors (Lipinski definition) is 4. The van der Waals surface area contributed by atoms with Crippen LogP contribution < -0.4 is 11.0 Å². The van der Waals surface area contributed by atoms with Gasteiger partial charge in [0.05, 0.1) is 11.2 Å². The molecule has 5 nitrogen and oxygen atoms in total. The van der Waals surface area contributed by atoms with Crippen LogP contribution in [0, 0.1) is 0 Å². The summed E-state index contributed by atoms with van der Waals surface area (Å²) in [6.07, 6.45) is 3.46. The molecule has 4 aromatic rings. The topological polar surface area (TPSA) is 59.8 Å². The number of nitrogens with zero attached hydrogens (tertiary/aromatic N) is 3. The lowest BCUT2D eigenvalue weighted by Crippen LogP contribution is -2.23. The maximum atomic E-state index is 12.7. The minimum absolute atomic E-state index is 0.358. The molecule has 0 bridgehead atoms. The summed E-state index contributed by atoms with van der Waals surface area (Å²) in [6, 6.07) is 18.7. The lowest BCUT2D eigenvalue weighted by molar-refractivity contribution is 0.952. The summed E-state index contributed by atoms with van der Waals surface area (Å²) in [6.45, 7) is 0.544. The Labute approximate surface area is 154 Å². The van der Waals surface area contributed by atoms with E-state index in [0.717, 1.165) is 16.6 Å². The number of hydrogen-bond donors (Lipinski definition) is 1. The van der Waals surface area contributed by atoms with Gasteiger partial charge in [0.25, 0.3) is 0 Å². The van der Waals surface area contributed by atoms with Gasteiger partial charge in [-0.15, -0.1) is 0 Å². The van der Waals surface area contributed by atoms with Gasteiger partial charge in [-0.05, 0) is 48.0 Å². The third kappa shape index (κ3) is 3.17. The molecule has 0 aliphatic rings. The van der Waals surface area contributed by atoms with E-state index in [-0.39, 0.29) is 5.69 Å². The van der Waals surface area contributed by atoms with Crippen LogP contribution in [0.1, 0.15) is 5.56 Å². The number of pyridine rings is 1. The largest absolute Gasteiger partial charge is 0.365 e. The molecule has 0 fully saturated rings. The van der Waals surface area contributed by atoms with Gasteiger partial charge in [0.1, 0.15) is 5.82 Å². The standard InChI is InChI=1S/C20H15ClN4O/c21-15-6-7-17-18(12-15)25(16-4-2-1-3-5-16)20(26)24-19(17)23-13-14-8-10-22-11-9-14/h1-12H,13H2,(H,23,24,26). The highest BCUT2D eigenvalue weighted by Crippen LogP contribution is 2.25. The van der Waals surface area contributed by atoms with E-state index in [2.05, 4.69) is 15.3 Å². The molecular formula is C20H15ClN4O. The fourth-order valence-corrected chi connectivity index (χ4v) is 3.01. The van der Waals surface area contributed by atoms with Gasteiger partial charge >= 0.3 is 5.69 Å². The molecule has 26 heavy (non-hydrogen) atoms. The summed E-state index contributed by atoms with van der Waals surface area (Å²) in [5.41, 5.74) is 2.15. The number of nitrogens with one attached hydrogen (secondary N) is 1. The van der Waals surface area contributed by atoms with Crippen LogP contribution >= 0.6 is 11.6 Å². The van der Waals surface area contributed by atoms with E-state index >= 15 is 0 Å². The maximum absolute atomic E-state index is 12.7. The van der Waals surface area contributed by atoms with E-state index in [9.17, 15) is 4.79 Å². The Morgan fingerprint density at radius 1 is 1.00 bits per heavy atom. The van der Waals surface area contributed by atoms with E-state index in [1.807, 2.05) is 48.5 Å². The van der Waals surface area contributed by atoms with Crippen molar-refractivity contribution in [2.24, 2.45) is 0 Å². The van der Waals surface area contributed by atoms with Crippen molar-refractivity contribution in [3.8, 4) is 5.69 Å². The molecule has 0 amide bonds. The second-order valence-corrected chi connectivity index (χ2v) is 6.22. The zero-order valence-corrected chi connectivity index (χ0v) is 14.5. The molecule has 2 heterocycles. The summed E-state index contributed by atoms with van der Waals surface area (Å²) < 4.78 is 1.57. The quantitative estimate of drug-likeness (QED) is 0.595. The lowest BCUT2D eigenvalue weighted by atomic mass is 10.2. The van der Waals surface area contributed by atoms with Crippen LogP contribution in [0.3, 0.4) is 0 Å². The average molecular weight is 363 g/mol. The van der Waals surface area contributed by atoms with Crippen molar-refractivity contribution < 1.29 is 0 Å². The molecular weight excluding hydrogens is 348 g/mol. The summed E-state index contributed by atoms with van der Waals surface area (Å²) >= 11 is 6.19. The van der Waals surface area contributed by atoms with Crippen LogP contribution in [0.4, 0.5) is 5.82 Å². The van der Waals surface area contributed by atoms with Gasteiger partial charge in [-0.3, -0.25) is 9.55 Å². The SMILES string of the molecule is O=c1nc(NCc2ccncc2)c2ccc(Cl)cc2n1-c1ccccc1. The molecule has 0 aliphatic heterocycles. The van der Waals surface area contributed by atoms with E-state index in [1.165, 1.54) is 0 Å². The molecule has 1 N–H and O–H groups in total. The van der Waals surface area contributed by atoms with Crippen molar-refractivity contribution in [1.82, 2.24) is 14.5 Å². The number of para-hydroxylation sites is 1. The van der Waals surface area contributed by atoms with E-state index in [1.54, 1.807) is 29.1 Å². The second kappa shape index (κ2) is 6.98. The average Bonchev–Trinajstić information content (AvgIpc) is 2.67. The minimum atomic E-state index is -0.358. The van der Waals surface area contributed by atoms with Crippen molar-refractivity contribution in [3.63, 3.8) is 0 Å². The molecule has 0 aliphatic carbocycles. The summed E-state index contributed by atoms with van der Waals surface area (Å²) in [5.74, 6) is 0.533. The van der Waals surface area contributed by atoms with E-state index in [0.29, 0.717) is 22.9 Å². The second-order valence-electron chi connectivity index (χ2n) is 5.78. The molecule has 4 rings (SSSR count). The maximum Gasteiger partial charge on any atom is 0.354 e. The third-order valence-electron chi connectivity index (χ3n) is 4.08. The Morgan fingerprint density at radius 3 is 2.54 bits per heavy atom. The Balaban J connectivity index is 1.84. The monoisotopic (exact) mass is 362 g/mol. The van der Waals surface area contributed by atoms with Crippen LogP contribution in [0.2, 0.25) is 5.02 Å². The Morgan fingerprint density at radius 2 is 1.77 bits per heavy atom. The third-order valence-corrected chi connectivity index (χ3v) is 4.31. The number of rotatable bonds is 4. The molecule has 128 valence electrons. The van der Waals surface area contributed by atoms with Gasteiger partial charge in [-0.2, -0.15) is 4.98 Å². The van der Waals surface area contributed by atoms with E-state index < -0.39 is 0 Å².